The largest absolute Gasteiger partial charge is 0.480 e. The van der Waals surface area contributed by atoms with Gasteiger partial charge in [-0.3, -0.25) is 4.79 Å². The predicted molar refractivity (Wildman–Crippen MR) is 75.2 cm³/mol. The Hall–Kier alpha value is -1.65. The molecule has 110 valence electrons. The van der Waals surface area contributed by atoms with Gasteiger partial charge in [0.05, 0.1) is 20.4 Å². The van der Waals surface area contributed by atoms with Gasteiger partial charge in [0, 0.05) is 5.92 Å². The summed E-state index contributed by atoms with van der Waals surface area (Å²) in [5.74, 6) is 0.662. The van der Waals surface area contributed by atoms with Crippen LogP contribution >= 0.6 is 0 Å². The molecule has 1 heterocycles. The molecule has 0 radical (unpaired) electrons. The van der Waals surface area contributed by atoms with Crippen LogP contribution in [-0.2, 0) is 0 Å². The number of Topliss-reactive ketones (excluding diaryl/α,β-unsaturated/α-hetero) is 1. The van der Waals surface area contributed by atoms with E-state index in [1.165, 1.54) is 20.4 Å². The number of nitrogens with zero attached hydrogens (tertiary/aromatic N) is 2. The highest BCUT2D eigenvalue weighted by atomic mass is 16.5. The molecule has 0 atom stereocenters. The Bertz CT molecular complexity index is 490. The quantitative estimate of drug-likeness (QED) is 0.792. The Morgan fingerprint density at radius 3 is 2.45 bits per heavy atom. The molecule has 0 saturated heterocycles. The van der Waals surface area contributed by atoms with Crippen molar-refractivity contribution in [2.75, 3.05) is 14.2 Å². The Labute approximate surface area is 119 Å². The molecule has 1 aromatic heterocycles. The van der Waals surface area contributed by atoms with Gasteiger partial charge in [0.2, 0.25) is 11.8 Å². The number of hydrogen-bond acceptors (Lipinski definition) is 5. The van der Waals surface area contributed by atoms with Crippen LogP contribution in [-0.4, -0.2) is 30.0 Å². The third-order valence-corrected chi connectivity index (χ3v) is 4.06. The van der Waals surface area contributed by atoms with Crippen LogP contribution in [0.25, 0.3) is 0 Å². The van der Waals surface area contributed by atoms with E-state index >= 15 is 0 Å². The van der Waals surface area contributed by atoms with Gasteiger partial charge in [-0.2, -0.15) is 4.98 Å². The third-order valence-electron chi connectivity index (χ3n) is 4.06. The van der Waals surface area contributed by atoms with Gasteiger partial charge in [-0.15, -0.1) is 0 Å². The normalized spacial score (nSPS) is 18.6. The maximum absolute atomic E-state index is 12.6. The van der Waals surface area contributed by atoms with Crippen molar-refractivity contribution in [3.05, 3.63) is 11.9 Å². The van der Waals surface area contributed by atoms with Crippen LogP contribution in [0, 0.1) is 11.3 Å². The molecule has 0 bridgehead atoms. The third kappa shape index (κ3) is 3.08. The molecular formula is C15H22N2O3. The summed E-state index contributed by atoms with van der Waals surface area (Å²) in [6.07, 6.45) is 5.40. The van der Waals surface area contributed by atoms with Gasteiger partial charge >= 0.3 is 0 Å². The Morgan fingerprint density at radius 2 is 1.90 bits per heavy atom. The summed E-state index contributed by atoms with van der Waals surface area (Å²) in [5.41, 5.74) is 0.657. The van der Waals surface area contributed by atoms with E-state index in [2.05, 4.69) is 23.8 Å². The van der Waals surface area contributed by atoms with Gasteiger partial charge in [0.25, 0.3) is 0 Å². The predicted octanol–water partition coefficient (Wildman–Crippen LogP) is 2.89. The van der Waals surface area contributed by atoms with Gasteiger partial charge in [-0.1, -0.05) is 13.8 Å². The van der Waals surface area contributed by atoms with Gasteiger partial charge in [0.1, 0.15) is 0 Å². The summed E-state index contributed by atoms with van der Waals surface area (Å²) in [5, 5.41) is 0. The monoisotopic (exact) mass is 278 g/mol. The maximum Gasteiger partial charge on any atom is 0.246 e. The number of ketones is 1. The molecule has 0 aromatic carbocycles. The summed E-state index contributed by atoms with van der Waals surface area (Å²) in [6.45, 7) is 4.50. The van der Waals surface area contributed by atoms with Crippen LogP contribution in [0.1, 0.15) is 50.0 Å². The number of ether oxygens (including phenoxy) is 2. The topological polar surface area (TPSA) is 61.3 Å². The second-order valence-electron chi connectivity index (χ2n) is 6.07. The van der Waals surface area contributed by atoms with Crippen LogP contribution in [0.4, 0.5) is 0 Å². The molecule has 0 N–H and O–H groups in total. The fourth-order valence-corrected chi connectivity index (χ4v) is 2.62. The SMILES string of the molecule is COc1cnc(C(=O)C2CCC(C)(C)CC2)c(OC)n1. The Morgan fingerprint density at radius 1 is 1.25 bits per heavy atom. The summed E-state index contributed by atoms with van der Waals surface area (Å²) < 4.78 is 10.2. The lowest BCUT2D eigenvalue weighted by Crippen LogP contribution is -2.27. The molecular weight excluding hydrogens is 256 g/mol. The van der Waals surface area contributed by atoms with Gasteiger partial charge in [-0.25, -0.2) is 4.98 Å². The zero-order valence-corrected chi connectivity index (χ0v) is 12.6. The van der Waals surface area contributed by atoms with E-state index in [0.29, 0.717) is 17.0 Å². The van der Waals surface area contributed by atoms with Crippen LogP contribution in [0.2, 0.25) is 0 Å². The average molecular weight is 278 g/mol. The molecule has 0 amide bonds. The molecule has 1 aliphatic carbocycles. The number of hydrogen-bond donors (Lipinski definition) is 0. The number of methoxy groups -OCH3 is 2. The van der Waals surface area contributed by atoms with Crippen molar-refractivity contribution < 1.29 is 14.3 Å². The highest BCUT2D eigenvalue weighted by molar-refractivity contribution is 5.98. The van der Waals surface area contributed by atoms with Crippen LogP contribution in [0.5, 0.6) is 11.8 Å². The van der Waals surface area contributed by atoms with E-state index < -0.39 is 0 Å². The molecule has 5 heteroatoms. The van der Waals surface area contributed by atoms with Gasteiger partial charge in [0.15, 0.2) is 11.5 Å². The average Bonchev–Trinajstić information content (AvgIpc) is 2.45. The van der Waals surface area contributed by atoms with E-state index in [-0.39, 0.29) is 17.6 Å². The van der Waals surface area contributed by atoms with Gasteiger partial charge in [-0.05, 0) is 31.1 Å². The first-order valence-corrected chi connectivity index (χ1v) is 6.96. The van der Waals surface area contributed by atoms with Crippen molar-refractivity contribution in [2.24, 2.45) is 11.3 Å². The standard InChI is InChI=1S/C15H22N2O3/c1-15(2)7-5-10(6-8-15)13(18)12-14(20-4)17-11(19-3)9-16-12/h9-10H,5-8H2,1-4H3. The van der Waals surface area contributed by atoms with E-state index in [1.807, 2.05) is 0 Å². The van der Waals surface area contributed by atoms with E-state index in [0.717, 1.165) is 25.7 Å². The minimum atomic E-state index is 0.0274. The highest BCUT2D eigenvalue weighted by Crippen LogP contribution is 2.39. The van der Waals surface area contributed by atoms with Crippen LogP contribution in [0.3, 0.4) is 0 Å². The first-order valence-electron chi connectivity index (χ1n) is 6.96. The highest BCUT2D eigenvalue weighted by Gasteiger charge is 2.33. The number of aromatic nitrogens is 2. The lowest BCUT2D eigenvalue weighted by molar-refractivity contribution is 0.0828. The molecule has 1 aliphatic rings. The van der Waals surface area contributed by atoms with Crippen molar-refractivity contribution in [3.8, 4) is 11.8 Å². The van der Waals surface area contributed by atoms with E-state index in [4.69, 9.17) is 9.47 Å². The minimum Gasteiger partial charge on any atom is -0.480 e. The first kappa shape index (κ1) is 14.8. The first-order chi connectivity index (χ1) is 9.46. The molecule has 5 nitrogen and oxygen atoms in total. The van der Waals surface area contributed by atoms with Crippen LogP contribution < -0.4 is 9.47 Å². The summed E-state index contributed by atoms with van der Waals surface area (Å²) >= 11 is 0. The van der Waals surface area contributed by atoms with E-state index in [9.17, 15) is 4.79 Å². The zero-order chi connectivity index (χ0) is 14.8. The lowest BCUT2D eigenvalue weighted by Gasteiger charge is -2.33. The summed E-state index contributed by atoms with van der Waals surface area (Å²) in [4.78, 5) is 20.9. The fourth-order valence-electron chi connectivity index (χ4n) is 2.62. The van der Waals surface area contributed by atoms with Crippen molar-refractivity contribution in [3.63, 3.8) is 0 Å². The van der Waals surface area contributed by atoms with Crippen LogP contribution in [0.15, 0.2) is 6.20 Å². The molecule has 1 saturated carbocycles. The number of rotatable bonds is 4. The van der Waals surface area contributed by atoms with Crippen molar-refractivity contribution in [1.82, 2.24) is 9.97 Å². The van der Waals surface area contributed by atoms with Gasteiger partial charge < -0.3 is 9.47 Å². The number of carbonyl (C=O) groups is 1. The smallest absolute Gasteiger partial charge is 0.246 e. The lowest BCUT2D eigenvalue weighted by atomic mass is 9.72. The second kappa shape index (κ2) is 5.77. The molecule has 1 fully saturated rings. The minimum absolute atomic E-state index is 0.0274. The Kier molecular flexibility index (Phi) is 4.26. The Balaban J connectivity index is 2.17. The molecule has 0 spiro atoms. The molecule has 2 rings (SSSR count). The maximum atomic E-state index is 12.6. The number of carbonyl (C=O) groups excluding carboxylic acids is 1. The second-order valence-corrected chi connectivity index (χ2v) is 6.07. The fraction of sp³-hybridized carbons (Fsp3) is 0.667. The zero-order valence-electron chi connectivity index (χ0n) is 12.6. The van der Waals surface area contributed by atoms with E-state index in [1.54, 1.807) is 0 Å². The molecule has 0 aliphatic heterocycles. The van der Waals surface area contributed by atoms with Crippen molar-refractivity contribution >= 4 is 5.78 Å². The molecule has 0 unspecified atom stereocenters. The summed E-state index contributed by atoms with van der Waals surface area (Å²) in [6, 6.07) is 0. The molecule has 20 heavy (non-hydrogen) atoms. The van der Waals surface area contributed by atoms with Crippen molar-refractivity contribution in [2.45, 2.75) is 39.5 Å². The van der Waals surface area contributed by atoms with Crippen molar-refractivity contribution in [1.29, 1.82) is 0 Å². The molecule has 1 aromatic rings. The summed E-state index contributed by atoms with van der Waals surface area (Å²) in [7, 11) is 3.00.